The Morgan fingerprint density at radius 3 is 2.45 bits per heavy atom. The number of carbonyl (C=O) groups excluding carboxylic acids is 2. The average Bonchev–Trinajstić information content (AvgIpc) is 3.01. The zero-order valence-electron chi connectivity index (χ0n) is 25.1. The number of benzene rings is 3. The summed E-state index contributed by atoms with van der Waals surface area (Å²) >= 11 is 0. The Morgan fingerprint density at radius 1 is 0.881 bits per heavy atom. The van der Waals surface area contributed by atoms with E-state index in [0.717, 1.165) is 48.2 Å². The summed E-state index contributed by atoms with van der Waals surface area (Å²) in [5, 5.41) is 9.03. The second kappa shape index (κ2) is 15.8. The van der Waals surface area contributed by atoms with Crippen molar-refractivity contribution in [1.82, 2.24) is 15.5 Å². The van der Waals surface area contributed by atoms with Crippen molar-refractivity contribution in [2.24, 2.45) is 0 Å². The SMILES string of the molecule is CCCCCCNC(=O)Nc1ccc2c(c1)CCN(CC(=O)NCc1ccccc1)C2Cc1ccc(OC)c(OC)c1. The number of carbonyl (C=O) groups is 2. The fourth-order valence-corrected chi connectivity index (χ4v) is 5.47. The summed E-state index contributed by atoms with van der Waals surface area (Å²) in [5.74, 6) is 1.36. The van der Waals surface area contributed by atoms with Gasteiger partial charge in [-0.1, -0.05) is 68.7 Å². The van der Waals surface area contributed by atoms with E-state index in [0.29, 0.717) is 37.6 Å². The summed E-state index contributed by atoms with van der Waals surface area (Å²) in [6.07, 6.45) is 5.95. The highest BCUT2D eigenvalue weighted by Gasteiger charge is 2.29. The molecule has 4 rings (SSSR count). The van der Waals surface area contributed by atoms with Crippen LogP contribution in [0.5, 0.6) is 11.5 Å². The Kier molecular flexibility index (Phi) is 11.6. The molecule has 1 aliphatic rings. The number of rotatable bonds is 14. The summed E-state index contributed by atoms with van der Waals surface area (Å²) in [5.41, 5.74) is 5.28. The predicted molar refractivity (Wildman–Crippen MR) is 167 cm³/mol. The van der Waals surface area contributed by atoms with Crippen molar-refractivity contribution < 1.29 is 19.1 Å². The minimum atomic E-state index is -0.180. The van der Waals surface area contributed by atoms with E-state index in [1.165, 1.54) is 18.4 Å². The molecule has 1 atom stereocenters. The monoisotopic (exact) mass is 572 g/mol. The molecule has 1 heterocycles. The number of hydrogen-bond acceptors (Lipinski definition) is 5. The molecule has 3 aromatic rings. The van der Waals surface area contributed by atoms with Crippen LogP contribution in [0, 0.1) is 0 Å². The quantitative estimate of drug-likeness (QED) is 0.210. The van der Waals surface area contributed by atoms with Gasteiger partial charge in [0.15, 0.2) is 11.5 Å². The Balaban J connectivity index is 1.49. The molecule has 3 N–H and O–H groups in total. The molecule has 0 aromatic heterocycles. The molecule has 0 saturated heterocycles. The minimum absolute atomic E-state index is 0.00601. The van der Waals surface area contributed by atoms with Gasteiger partial charge in [0, 0.05) is 31.4 Å². The second-order valence-electron chi connectivity index (χ2n) is 10.7. The molecule has 224 valence electrons. The summed E-state index contributed by atoms with van der Waals surface area (Å²) in [6, 6.07) is 21.8. The van der Waals surface area contributed by atoms with Crippen molar-refractivity contribution in [3.8, 4) is 11.5 Å². The van der Waals surface area contributed by atoms with Crippen molar-refractivity contribution in [3.05, 3.63) is 89.0 Å². The number of nitrogens with zero attached hydrogens (tertiary/aromatic N) is 1. The van der Waals surface area contributed by atoms with Crippen molar-refractivity contribution in [2.75, 3.05) is 39.2 Å². The van der Waals surface area contributed by atoms with Crippen LogP contribution in [0.3, 0.4) is 0 Å². The molecule has 3 amide bonds. The molecular weight excluding hydrogens is 528 g/mol. The van der Waals surface area contributed by atoms with Crippen molar-refractivity contribution in [3.63, 3.8) is 0 Å². The number of nitrogens with one attached hydrogen (secondary N) is 3. The van der Waals surface area contributed by atoms with E-state index >= 15 is 0 Å². The maximum absolute atomic E-state index is 13.1. The molecule has 0 fully saturated rings. The van der Waals surface area contributed by atoms with E-state index in [2.05, 4.69) is 39.9 Å². The molecule has 42 heavy (non-hydrogen) atoms. The molecule has 0 aliphatic carbocycles. The Hall–Kier alpha value is -4.04. The van der Waals surface area contributed by atoms with Crippen molar-refractivity contribution in [2.45, 2.75) is 58.0 Å². The molecule has 0 spiro atoms. The lowest BCUT2D eigenvalue weighted by Crippen LogP contribution is -2.43. The van der Waals surface area contributed by atoms with Gasteiger partial charge in [0.1, 0.15) is 0 Å². The van der Waals surface area contributed by atoms with Crippen LogP contribution in [0.2, 0.25) is 0 Å². The minimum Gasteiger partial charge on any atom is -0.493 e. The van der Waals surface area contributed by atoms with Crippen LogP contribution in [0.15, 0.2) is 66.7 Å². The van der Waals surface area contributed by atoms with E-state index in [4.69, 9.17) is 9.47 Å². The fourth-order valence-electron chi connectivity index (χ4n) is 5.47. The number of ether oxygens (including phenoxy) is 2. The third kappa shape index (κ3) is 8.73. The third-order valence-corrected chi connectivity index (χ3v) is 7.74. The van der Waals surface area contributed by atoms with Crippen LogP contribution in [-0.4, -0.2) is 50.7 Å². The van der Waals surface area contributed by atoms with E-state index < -0.39 is 0 Å². The lowest BCUT2D eigenvalue weighted by atomic mass is 9.88. The summed E-state index contributed by atoms with van der Waals surface area (Å²) in [6.45, 7) is 4.38. The first-order chi connectivity index (χ1) is 20.5. The maximum Gasteiger partial charge on any atom is 0.319 e. The second-order valence-corrected chi connectivity index (χ2v) is 10.7. The molecule has 8 nitrogen and oxygen atoms in total. The molecule has 1 unspecified atom stereocenters. The van der Waals surface area contributed by atoms with Crippen LogP contribution in [0.1, 0.15) is 60.9 Å². The van der Waals surface area contributed by atoms with Gasteiger partial charge in [-0.15, -0.1) is 0 Å². The van der Waals surface area contributed by atoms with Crippen molar-refractivity contribution in [1.29, 1.82) is 0 Å². The zero-order chi connectivity index (χ0) is 29.7. The number of hydrogen-bond donors (Lipinski definition) is 3. The first kappa shape index (κ1) is 30.9. The highest BCUT2D eigenvalue weighted by molar-refractivity contribution is 5.89. The fraction of sp³-hybridized carbons (Fsp3) is 0.412. The smallest absolute Gasteiger partial charge is 0.319 e. The van der Waals surface area contributed by atoms with Gasteiger partial charge < -0.3 is 25.4 Å². The largest absolute Gasteiger partial charge is 0.493 e. The Morgan fingerprint density at radius 2 is 1.69 bits per heavy atom. The molecule has 0 bridgehead atoms. The number of unbranched alkanes of at least 4 members (excludes halogenated alkanes) is 3. The molecule has 8 heteroatoms. The number of fused-ring (bicyclic) bond motifs is 1. The molecular formula is C34H44N4O4. The highest BCUT2D eigenvalue weighted by Crippen LogP contribution is 2.36. The Bertz CT molecular complexity index is 1310. The first-order valence-electron chi connectivity index (χ1n) is 14.9. The maximum atomic E-state index is 13.1. The van der Waals surface area contributed by atoms with Gasteiger partial charge in [-0.2, -0.15) is 0 Å². The van der Waals surface area contributed by atoms with Gasteiger partial charge >= 0.3 is 6.03 Å². The number of amides is 3. The lowest BCUT2D eigenvalue weighted by Gasteiger charge is -2.37. The first-order valence-corrected chi connectivity index (χ1v) is 14.9. The van der Waals surface area contributed by atoms with Crippen LogP contribution in [-0.2, 0) is 24.2 Å². The molecule has 0 radical (unpaired) electrons. The van der Waals surface area contributed by atoms with Crippen LogP contribution >= 0.6 is 0 Å². The van der Waals surface area contributed by atoms with Crippen LogP contribution < -0.4 is 25.4 Å². The number of urea groups is 1. The summed E-state index contributed by atoms with van der Waals surface area (Å²) < 4.78 is 11.0. The molecule has 0 saturated carbocycles. The van der Waals surface area contributed by atoms with Crippen LogP contribution in [0.25, 0.3) is 0 Å². The van der Waals surface area contributed by atoms with E-state index in [9.17, 15) is 9.59 Å². The van der Waals surface area contributed by atoms with Gasteiger partial charge in [0.2, 0.25) is 5.91 Å². The van der Waals surface area contributed by atoms with E-state index in [-0.39, 0.29) is 18.0 Å². The summed E-state index contributed by atoms with van der Waals surface area (Å²) in [7, 11) is 3.26. The van der Waals surface area contributed by atoms with E-state index in [1.807, 2.05) is 54.6 Å². The van der Waals surface area contributed by atoms with E-state index in [1.54, 1.807) is 14.2 Å². The van der Waals surface area contributed by atoms with Gasteiger partial charge in [-0.3, -0.25) is 9.69 Å². The van der Waals surface area contributed by atoms with Crippen LogP contribution in [0.4, 0.5) is 10.5 Å². The molecule has 1 aliphatic heterocycles. The Labute approximate surface area is 249 Å². The normalized spacial score (nSPS) is 14.5. The lowest BCUT2D eigenvalue weighted by molar-refractivity contribution is -0.123. The van der Waals surface area contributed by atoms with Gasteiger partial charge in [0.05, 0.1) is 20.8 Å². The van der Waals surface area contributed by atoms with Gasteiger partial charge in [-0.25, -0.2) is 4.79 Å². The standard InChI is InChI=1S/C34H44N4O4/c1-4-5-6-10-18-35-34(40)37-28-14-15-29-27(22-28)17-19-38(24-33(39)36-23-25-11-8-7-9-12-25)30(29)20-26-13-16-31(41-2)32(21-26)42-3/h7-9,11-16,21-22,30H,4-6,10,17-20,23-24H2,1-3H3,(H,36,39)(H2,35,37,40). The van der Waals surface area contributed by atoms with Crippen molar-refractivity contribution >= 4 is 17.6 Å². The highest BCUT2D eigenvalue weighted by atomic mass is 16.5. The predicted octanol–water partition coefficient (Wildman–Crippen LogP) is 5.86. The topological polar surface area (TPSA) is 91.9 Å². The average molecular weight is 573 g/mol. The van der Waals surface area contributed by atoms with Gasteiger partial charge in [0.25, 0.3) is 0 Å². The third-order valence-electron chi connectivity index (χ3n) is 7.74. The summed E-state index contributed by atoms with van der Waals surface area (Å²) in [4.78, 5) is 27.8. The zero-order valence-corrected chi connectivity index (χ0v) is 25.1. The number of anilines is 1. The molecule has 3 aromatic carbocycles. The number of methoxy groups -OCH3 is 2. The van der Waals surface area contributed by atoms with Gasteiger partial charge in [-0.05, 0) is 65.8 Å².